The molecule has 1 unspecified atom stereocenters. The molecule has 0 bridgehead atoms. The van der Waals surface area contributed by atoms with Gasteiger partial charge in [0.05, 0.1) is 17.2 Å². The highest BCUT2D eigenvalue weighted by Gasteiger charge is 2.09. The maximum Gasteiger partial charge on any atom is 0.0936 e. The first kappa shape index (κ1) is 12.2. The molecule has 2 heterocycles. The Kier molecular flexibility index (Phi) is 3.22. The van der Waals surface area contributed by atoms with Crippen LogP contribution in [0.1, 0.15) is 23.5 Å². The summed E-state index contributed by atoms with van der Waals surface area (Å²) in [5, 5.41) is 6.85. The number of fused-ring (bicyclic) bond motifs is 1. The number of hydrogen-bond acceptors (Lipinski definition) is 3. The highest BCUT2D eigenvalue weighted by atomic mass is 32.1. The van der Waals surface area contributed by atoms with Crippen LogP contribution < -0.4 is 5.32 Å². The van der Waals surface area contributed by atoms with Gasteiger partial charge in [-0.15, -0.1) is 11.3 Å². The van der Waals surface area contributed by atoms with Gasteiger partial charge in [-0.3, -0.25) is 4.98 Å². The molecule has 0 spiro atoms. The molecule has 0 saturated carbocycles. The Bertz CT molecular complexity index is 689. The number of nitrogens with one attached hydrogen (secondary N) is 1. The van der Waals surface area contributed by atoms with Crippen molar-refractivity contribution >= 4 is 27.9 Å². The smallest absolute Gasteiger partial charge is 0.0936 e. The molecule has 96 valence electrons. The largest absolute Gasteiger partial charge is 0.376 e. The van der Waals surface area contributed by atoms with Crippen molar-refractivity contribution in [1.82, 2.24) is 4.98 Å². The minimum absolute atomic E-state index is 0.299. The van der Waals surface area contributed by atoms with Crippen LogP contribution in [0.25, 0.3) is 10.9 Å². The summed E-state index contributed by atoms with van der Waals surface area (Å²) in [6.07, 6.45) is 0. The van der Waals surface area contributed by atoms with E-state index in [2.05, 4.69) is 65.1 Å². The molecule has 1 N–H and O–H groups in total. The average Bonchev–Trinajstić information content (AvgIpc) is 2.93. The van der Waals surface area contributed by atoms with Crippen LogP contribution in [-0.2, 0) is 0 Å². The van der Waals surface area contributed by atoms with Gasteiger partial charge in [0, 0.05) is 16.0 Å². The Morgan fingerprint density at radius 1 is 1.11 bits per heavy atom. The third-order valence-electron chi connectivity index (χ3n) is 3.20. The van der Waals surface area contributed by atoms with E-state index in [9.17, 15) is 0 Å². The van der Waals surface area contributed by atoms with Gasteiger partial charge in [0.1, 0.15) is 0 Å². The quantitative estimate of drug-likeness (QED) is 0.739. The second kappa shape index (κ2) is 5.02. The zero-order chi connectivity index (χ0) is 13.2. The maximum absolute atomic E-state index is 4.65. The fraction of sp³-hybridized carbons (Fsp3) is 0.188. The molecular formula is C16H16N2S. The number of anilines is 1. The van der Waals surface area contributed by atoms with Crippen LogP contribution in [-0.4, -0.2) is 4.98 Å². The molecule has 19 heavy (non-hydrogen) atoms. The molecule has 2 nitrogen and oxygen atoms in total. The molecule has 1 atom stereocenters. The number of aromatic nitrogens is 1. The first-order valence-electron chi connectivity index (χ1n) is 6.40. The monoisotopic (exact) mass is 268 g/mol. The summed E-state index contributed by atoms with van der Waals surface area (Å²) >= 11 is 1.78. The summed E-state index contributed by atoms with van der Waals surface area (Å²) in [6.45, 7) is 4.21. The number of nitrogens with zero attached hydrogens (tertiary/aromatic N) is 1. The number of aryl methyl sites for hydroxylation is 1. The topological polar surface area (TPSA) is 24.9 Å². The first-order valence-corrected chi connectivity index (χ1v) is 7.28. The highest BCUT2D eigenvalue weighted by Crippen LogP contribution is 2.27. The Hall–Kier alpha value is -1.87. The number of para-hydroxylation sites is 1. The average molecular weight is 268 g/mol. The van der Waals surface area contributed by atoms with E-state index in [0.29, 0.717) is 6.04 Å². The number of pyridine rings is 1. The Morgan fingerprint density at radius 2 is 2.00 bits per heavy atom. The predicted molar refractivity (Wildman–Crippen MR) is 82.8 cm³/mol. The normalized spacial score (nSPS) is 12.5. The minimum atomic E-state index is 0.299. The standard InChI is InChI=1S/C16H16N2S/c1-11-8-9-13-5-3-6-14(16(13)17-11)18-12(2)15-7-4-10-19-15/h3-10,12,18H,1-2H3. The molecule has 2 aromatic heterocycles. The van der Waals surface area contributed by atoms with Crippen molar-refractivity contribution < 1.29 is 0 Å². The molecular weight excluding hydrogens is 252 g/mol. The van der Waals surface area contributed by atoms with Gasteiger partial charge in [0.2, 0.25) is 0 Å². The highest BCUT2D eigenvalue weighted by molar-refractivity contribution is 7.10. The summed E-state index contributed by atoms with van der Waals surface area (Å²) < 4.78 is 0. The maximum atomic E-state index is 4.65. The van der Waals surface area contributed by atoms with Crippen molar-refractivity contribution in [1.29, 1.82) is 0 Å². The lowest BCUT2D eigenvalue weighted by molar-refractivity contribution is 0.909. The van der Waals surface area contributed by atoms with Crippen LogP contribution in [0.2, 0.25) is 0 Å². The third kappa shape index (κ3) is 2.47. The van der Waals surface area contributed by atoms with Gasteiger partial charge in [-0.2, -0.15) is 0 Å². The van der Waals surface area contributed by atoms with E-state index in [4.69, 9.17) is 0 Å². The number of benzene rings is 1. The van der Waals surface area contributed by atoms with E-state index in [1.807, 2.05) is 6.92 Å². The second-order valence-electron chi connectivity index (χ2n) is 4.71. The zero-order valence-corrected chi connectivity index (χ0v) is 11.9. The van der Waals surface area contributed by atoms with Crippen LogP contribution in [0, 0.1) is 6.92 Å². The number of hydrogen-bond donors (Lipinski definition) is 1. The minimum Gasteiger partial charge on any atom is -0.376 e. The molecule has 3 rings (SSSR count). The van der Waals surface area contributed by atoms with Gasteiger partial charge >= 0.3 is 0 Å². The first-order chi connectivity index (χ1) is 9.24. The van der Waals surface area contributed by atoms with Crippen molar-refractivity contribution in [3.63, 3.8) is 0 Å². The SMILES string of the molecule is Cc1ccc2cccc(NC(C)c3cccs3)c2n1. The second-order valence-corrected chi connectivity index (χ2v) is 5.69. The Morgan fingerprint density at radius 3 is 2.79 bits per heavy atom. The predicted octanol–water partition coefficient (Wildman–Crippen LogP) is 4.78. The summed E-state index contributed by atoms with van der Waals surface area (Å²) in [7, 11) is 0. The summed E-state index contributed by atoms with van der Waals surface area (Å²) in [4.78, 5) is 5.99. The van der Waals surface area contributed by atoms with Crippen LogP contribution in [0.3, 0.4) is 0 Å². The van der Waals surface area contributed by atoms with Crippen molar-refractivity contribution in [3.05, 3.63) is 58.4 Å². The fourth-order valence-corrected chi connectivity index (χ4v) is 2.94. The summed E-state index contributed by atoms with van der Waals surface area (Å²) in [6, 6.07) is 15.0. The molecule has 3 heteroatoms. The van der Waals surface area contributed by atoms with E-state index in [1.165, 1.54) is 10.3 Å². The Balaban J connectivity index is 1.98. The van der Waals surface area contributed by atoms with Crippen LogP contribution in [0.5, 0.6) is 0 Å². The van der Waals surface area contributed by atoms with E-state index in [0.717, 1.165) is 16.9 Å². The number of rotatable bonds is 3. The van der Waals surface area contributed by atoms with Gasteiger partial charge in [-0.05, 0) is 37.4 Å². The molecule has 0 aliphatic carbocycles. The van der Waals surface area contributed by atoms with Gasteiger partial charge in [0.15, 0.2) is 0 Å². The van der Waals surface area contributed by atoms with Gasteiger partial charge in [0.25, 0.3) is 0 Å². The Labute approximate surface area is 117 Å². The van der Waals surface area contributed by atoms with Crippen molar-refractivity contribution in [2.24, 2.45) is 0 Å². The van der Waals surface area contributed by atoms with E-state index in [-0.39, 0.29) is 0 Å². The third-order valence-corrected chi connectivity index (χ3v) is 4.26. The lowest BCUT2D eigenvalue weighted by atomic mass is 10.1. The van der Waals surface area contributed by atoms with Gasteiger partial charge in [-0.25, -0.2) is 0 Å². The molecule has 0 saturated heterocycles. The molecule has 1 aromatic carbocycles. The lowest BCUT2D eigenvalue weighted by Gasteiger charge is -2.15. The van der Waals surface area contributed by atoms with E-state index < -0.39 is 0 Å². The fourth-order valence-electron chi connectivity index (χ4n) is 2.20. The van der Waals surface area contributed by atoms with Gasteiger partial charge in [-0.1, -0.05) is 24.3 Å². The van der Waals surface area contributed by atoms with Crippen LogP contribution >= 0.6 is 11.3 Å². The van der Waals surface area contributed by atoms with Crippen molar-refractivity contribution in [2.75, 3.05) is 5.32 Å². The van der Waals surface area contributed by atoms with E-state index >= 15 is 0 Å². The molecule has 0 aliphatic rings. The summed E-state index contributed by atoms with van der Waals surface area (Å²) in [5.74, 6) is 0. The van der Waals surface area contributed by atoms with Crippen LogP contribution in [0.4, 0.5) is 5.69 Å². The molecule has 0 amide bonds. The molecule has 0 radical (unpaired) electrons. The molecule has 3 aromatic rings. The molecule has 0 fully saturated rings. The van der Waals surface area contributed by atoms with E-state index in [1.54, 1.807) is 11.3 Å². The lowest BCUT2D eigenvalue weighted by Crippen LogP contribution is -2.05. The van der Waals surface area contributed by atoms with Crippen molar-refractivity contribution in [3.8, 4) is 0 Å². The summed E-state index contributed by atoms with van der Waals surface area (Å²) in [5.41, 5.74) is 3.19. The van der Waals surface area contributed by atoms with Crippen molar-refractivity contribution in [2.45, 2.75) is 19.9 Å². The number of thiophene rings is 1. The molecule has 0 aliphatic heterocycles. The van der Waals surface area contributed by atoms with Gasteiger partial charge < -0.3 is 5.32 Å². The van der Waals surface area contributed by atoms with Crippen LogP contribution in [0.15, 0.2) is 47.8 Å². The zero-order valence-electron chi connectivity index (χ0n) is 11.1.